The van der Waals surface area contributed by atoms with Crippen LogP contribution in [0.2, 0.25) is 0 Å². The van der Waals surface area contributed by atoms with E-state index in [1.54, 1.807) is 0 Å². The summed E-state index contributed by atoms with van der Waals surface area (Å²) >= 11 is 0. The highest BCUT2D eigenvalue weighted by atomic mass is 16.6. The van der Waals surface area contributed by atoms with E-state index in [-0.39, 0.29) is 31.1 Å². The molecule has 0 saturated carbocycles. The molecular formula is C61H112O6. The monoisotopic (exact) mass is 941 g/mol. The molecule has 0 rings (SSSR count). The minimum absolute atomic E-state index is 0.0814. The minimum Gasteiger partial charge on any atom is -0.462 e. The Morgan fingerprint density at radius 2 is 0.537 bits per heavy atom. The smallest absolute Gasteiger partial charge is 0.306 e. The lowest BCUT2D eigenvalue weighted by Gasteiger charge is -2.18. The lowest BCUT2D eigenvalue weighted by atomic mass is 10.0. The van der Waals surface area contributed by atoms with Crippen LogP contribution < -0.4 is 0 Å². The van der Waals surface area contributed by atoms with Gasteiger partial charge in [0.05, 0.1) is 0 Å². The highest BCUT2D eigenvalue weighted by Gasteiger charge is 2.19. The van der Waals surface area contributed by atoms with Gasteiger partial charge in [-0.1, -0.05) is 263 Å². The summed E-state index contributed by atoms with van der Waals surface area (Å²) in [6.07, 6.45) is 67.1. The van der Waals surface area contributed by atoms with Gasteiger partial charge in [-0.15, -0.1) is 0 Å². The molecule has 0 aliphatic heterocycles. The van der Waals surface area contributed by atoms with Gasteiger partial charge in [0.1, 0.15) is 13.2 Å². The van der Waals surface area contributed by atoms with E-state index in [9.17, 15) is 14.4 Å². The van der Waals surface area contributed by atoms with Crippen LogP contribution in [0.25, 0.3) is 0 Å². The third-order valence-corrected chi connectivity index (χ3v) is 13.1. The van der Waals surface area contributed by atoms with E-state index in [0.717, 1.165) is 89.9 Å². The highest BCUT2D eigenvalue weighted by Crippen LogP contribution is 2.16. The van der Waals surface area contributed by atoms with Crippen molar-refractivity contribution in [2.75, 3.05) is 13.2 Å². The summed E-state index contributed by atoms with van der Waals surface area (Å²) in [5, 5.41) is 0. The van der Waals surface area contributed by atoms with Crippen molar-refractivity contribution in [1.29, 1.82) is 0 Å². The Hall–Kier alpha value is -2.37. The van der Waals surface area contributed by atoms with Crippen LogP contribution in [0.5, 0.6) is 0 Å². The Morgan fingerprint density at radius 1 is 0.299 bits per heavy atom. The molecule has 6 nitrogen and oxygen atoms in total. The number of carbonyl (C=O) groups is 3. The maximum Gasteiger partial charge on any atom is 0.306 e. The molecule has 0 aromatic heterocycles. The first-order chi connectivity index (χ1) is 33.0. The van der Waals surface area contributed by atoms with Gasteiger partial charge < -0.3 is 14.2 Å². The molecule has 0 bridgehead atoms. The lowest BCUT2D eigenvalue weighted by Crippen LogP contribution is -2.30. The number of allylic oxidation sites excluding steroid dienone is 6. The van der Waals surface area contributed by atoms with Crippen LogP contribution in [0.1, 0.15) is 316 Å². The molecule has 0 aliphatic carbocycles. The maximum absolute atomic E-state index is 12.9. The molecule has 0 aromatic rings. The summed E-state index contributed by atoms with van der Waals surface area (Å²) in [5.74, 6) is -0.892. The second-order valence-corrected chi connectivity index (χ2v) is 19.9. The first-order valence-electron chi connectivity index (χ1n) is 29.5. The SMILES string of the molecule is CCCCCCCCC/C=C\C=C/CCCCCCCC(=O)OCC(COC(=O)CCCCC/C=C\CCCCCCCCC)OC(=O)CCCCCCCCCCCCCCCCCCC. The normalized spacial score (nSPS) is 12.2. The summed E-state index contributed by atoms with van der Waals surface area (Å²) in [7, 11) is 0. The predicted molar refractivity (Wildman–Crippen MR) is 289 cm³/mol. The zero-order chi connectivity index (χ0) is 48.6. The van der Waals surface area contributed by atoms with E-state index >= 15 is 0 Å². The number of esters is 3. The van der Waals surface area contributed by atoms with E-state index in [1.165, 1.54) is 186 Å². The summed E-state index contributed by atoms with van der Waals surface area (Å²) in [6.45, 7) is 6.65. The van der Waals surface area contributed by atoms with Gasteiger partial charge in [-0.2, -0.15) is 0 Å². The fourth-order valence-electron chi connectivity index (χ4n) is 8.67. The fourth-order valence-corrected chi connectivity index (χ4v) is 8.67. The molecule has 6 heteroatoms. The first kappa shape index (κ1) is 64.6. The number of rotatable bonds is 54. The molecule has 0 amide bonds. The van der Waals surface area contributed by atoms with Gasteiger partial charge in [-0.05, 0) is 70.6 Å². The second-order valence-electron chi connectivity index (χ2n) is 19.9. The van der Waals surface area contributed by atoms with Gasteiger partial charge >= 0.3 is 17.9 Å². The topological polar surface area (TPSA) is 78.9 Å². The van der Waals surface area contributed by atoms with Crippen LogP contribution in [0, 0.1) is 0 Å². The average Bonchev–Trinajstić information content (AvgIpc) is 3.33. The zero-order valence-electron chi connectivity index (χ0n) is 44.9. The van der Waals surface area contributed by atoms with Gasteiger partial charge in [0, 0.05) is 19.3 Å². The summed E-state index contributed by atoms with van der Waals surface area (Å²) in [4.78, 5) is 38.2. The molecule has 1 unspecified atom stereocenters. The van der Waals surface area contributed by atoms with Gasteiger partial charge in [0.15, 0.2) is 6.10 Å². The van der Waals surface area contributed by atoms with Crippen LogP contribution >= 0.6 is 0 Å². The van der Waals surface area contributed by atoms with Crippen LogP contribution in [-0.2, 0) is 28.6 Å². The Kier molecular flexibility index (Phi) is 54.2. The van der Waals surface area contributed by atoms with E-state index in [0.29, 0.717) is 19.3 Å². The van der Waals surface area contributed by atoms with E-state index in [4.69, 9.17) is 14.2 Å². The number of ether oxygens (including phenoxy) is 3. The predicted octanol–water partition coefficient (Wildman–Crippen LogP) is 19.7. The fraction of sp³-hybridized carbons (Fsp3) is 0.852. The van der Waals surface area contributed by atoms with E-state index < -0.39 is 6.10 Å². The summed E-state index contributed by atoms with van der Waals surface area (Å²) in [6, 6.07) is 0. The molecule has 0 saturated heterocycles. The van der Waals surface area contributed by atoms with E-state index in [2.05, 4.69) is 57.2 Å². The van der Waals surface area contributed by atoms with Crippen molar-refractivity contribution in [3.05, 3.63) is 36.5 Å². The van der Waals surface area contributed by atoms with Crippen molar-refractivity contribution < 1.29 is 28.6 Å². The Bertz CT molecular complexity index is 1130. The van der Waals surface area contributed by atoms with Crippen LogP contribution in [0.4, 0.5) is 0 Å². The number of carbonyl (C=O) groups excluding carboxylic acids is 3. The standard InChI is InChI=1S/C61H112O6/c1-4-7-10-13-16-19-22-25-28-30-32-33-36-39-42-45-48-51-54-60(63)66-57-58(56-65-59(62)53-50-47-44-41-38-35-27-24-21-18-15-12-9-6-3)67-61(64)55-52-49-46-43-40-37-34-31-29-26-23-20-17-14-11-8-5-2/h28,30,32-33,35,38,58H,4-27,29,31,34,36-37,39-57H2,1-3H3/b30-28-,33-32-,38-35-. The van der Waals surface area contributed by atoms with Crippen LogP contribution in [0.3, 0.4) is 0 Å². The highest BCUT2D eigenvalue weighted by molar-refractivity contribution is 5.71. The van der Waals surface area contributed by atoms with Gasteiger partial charge in [-0.25, -0.2) is 0 Å². The Labute approximate surface area is 416 Å². The maximum atomic E-state index is 12.9. The zero-order valence-corrected chi connectivity index (χ0v) is 44.9. The van der Waals surface area contributed by atoms with Crippen molar-refractivity contribution in [3.8, 4) is 0 Å². The third-order valence-electron chi connectivity index (χ3n) is 13.1. The molecule has 0 aliphatic rings. The number of hydrogen-bond acceptors (Lipinski definition) is 6. The number of unbranched alkanes of at least 4 members (excludes halogenated alkanes) is 38. The van der Waals surface area contributed by atoms with Crippen molar-refractivity contribution in [2.24, 2.45) is 0 Å². The molecule has 0 heterocycles. The van der Waals surface area contributed by atoms with Crippen LogP contribution in [0.15, 0.2) is 36.5 Å². The summed E-state index contributed by atoms with van der Waals surface area (Å²) < 4.78 is 16.9. The third kappa shape index (κ3) is 54.4. The molecular weight excluding hydrogens is 829 g/mol. The molecule has 0 spiro atoms. The van der Waals surface area contributed by atoms with Gasteiger partial charge in [0.2, 0.25) is 0 Å². The molecule has 0 radical (unpaired) electrons. The van der Waals surface area contributed by atoms with Crippen LogP contribution in [-0.4, -0.2) is 37.2 Å². The van der Waals surface area contributed by atoms with Crippen molar-refractivity contribution >= 4 is 17.9 Å². The largest absolute Gasteiger partial charge is 0.462 e. The average molecular weight is 942 g/mol. The first-order valence-corrected chi connectivity index (χ1v) is 29.5. The molecule has 0 aromatic carbocycles. The van der Waals surface area contributed by atoms with Crippen molar-refractivity contribution in [2.45, 2.75) is 322 Å². The second kappa shape index (κ2) is 56.2. The lowest BCUT2D eigenvalue weighted by molar-refractivity contribution is -0.167. The van der Waals surface area contributed by atoms with Gasteiger partial charge in [0.25, 0.3) is 0 Å². The molecule has 1 atom stereocenters. The molecule has 392 valence electrons. The number of hydrogen-bond donors (Lipinski definition) is 0. The van der Waals surface area contributed by atoms with Gasteiger partial charge in [-0.3, -0.25) is 14.4 Å². The quantitative estimate of drug-likeness (QED) is 0.0199. The molecule has 0 N–H and O–H groups in total. The minimum atomic E-state index is -0.782. The Morgan fingerprint density at radius 3 is 0.851 bits per heavy atom. The van der Waals surface area contributed by atoms with Crippen molar-refractivity contribution in [1.82, 2.24) is 0 Å². The van der Waals surface area contributed by atoms with Crippen molar-refractivity contribution in [3.63, 3.8) is 0 Å². The molecule has 0 fully saturated rings. The van der Waals surface area contributed by atoms with E-state index in [1.807, 2.05) is 0 Å². The molecule has 67 heavy (non-hydrogen) atoms. The Balaban J connectivity index is 4.38. The summed E-state index contributed by atoms with van der Waals surface area (Å²) in [5.41, 5.74) is 0.